The molecule has 0 heterocycles. The summed E-state index contributed by atoms with van der Waals surface area (Å²) in [6.07, 6.45) is 0. The minimum Gasteiger partial charge on any atom is -0.396 e. The molecule has 0 saturated carbocycles. The first-order chi connectivity index (χ1) is 4.79. The maximum absolute atomic E-state index is 8.68. The van der Waals surface area contributed by atoms with Crippen molar-refractivity contribution < 1.29 is 10.2 Å². The van der Waals surface area contributed by atoms with Crippen LogP contribution in [0.2, 0.25) is 0 Å². The van der Waals surface area contributed by atoms with E-state index in [1.807, 2.05) is 0 Å². The molecule has 0 aliphatic carbocycles. The van der Waals surface area contributed by atoms with Gasteiger partial charge in [0.15, 0.2) is 0 Å². The summed E-state index contributed by atoms with van der Waals surface area (Å²) in [5.74, 6) is -0.366. The van der Waals surface area contributed by atoms with Gasteiger partial charge in [-0.05, 0) is 10.7 Å². The van der Waals surface area contributed by atoms with Crippen molar-refractivity contribution in [3.63, 3.8) is 0 Å². The second-order valence-corrected chi connectivity index (χ2v) is 2.51. The number of thiocarbonyl (C=S) groups is 2. The second kappa shape index (κ2) is 5.85. The van der Waals surface area contributed by atoms with Crippen molar-refractivity contribution in [1.82, 2.24) is 0 Å². The molecule has 0 aliphatic heterocycles. The van der Waals surface area contributed by atoms with E-state index in [0.717, 1.165) is 0 Å². The van der Waals surface area contributed by atoms with E-state index in [4.69, 9.17) is 10.2 Å². The maximum atomic E-state index is 8.68. The Morgan fingerprint density at radius 3 is 1.40 bits per heavy atom. The number of hydrogen-bond donors (Lipinski definition) is 2. The van der Waals surface area contributed by atoms with Crippen LogP contribution in [-0.2, 0) is 0 Å². The molecule has 0 amide bonds. The monoisotopic (exact) mass is 178 g/mol. The molecule has 0 fully saturated rings. The summed E-state index contributed by atoms with van der Waals surface area (Å²) < 4.78 is 0. The Balaban J connectivity index is 3.93. The topological polar surface area (TPSA) is 40.5 Å². The van der Waals surface area contributed by atoms with Crippen molar-refractivity contribution in [3.8, 4) is 0 Å². The van der Waals surface area contributed by atoms with E-state index in [-0.39, 0.29) is 25.0 Å². The summed E-state index contributed by atoms with van der Waals surface area (Å²) >= 11 is 9.24. The first-order valence-corrected chi connectivity index (χ1v) is 3.86. The Morgan fingerprint density at radius 2 is 1.30 bits per heavy atom. The predicted molar refractivity (Wildman–Crippen MR) is 48.5 cm³/mol. The van der Waals surface area contributed by atoms with Gasteiger partial charge < -0.3 is 10.2 Å². The van der Waals surface area contributed by atoms with Gasteiger partial charge >= 0.3 is 0 Å². The third-order valence-corrected chi connectivity index (χ3v) is 2.02. The molecule has 0 aliphatic rings. The van der Waals surface area contributed by atoms with Crippen LogP contribution in [0.5, 0.6) is 0 Å². The molecule has 2 unspecified atom stereocenters. The van der Waals surface area contributed by atoms with Gasteiger partial charge in [-0.2, -0.15) is 0 Å². The average molecular weight is 178 g/mol. The Bertz CT molecular complexity index is 102. The number of aliphatic hydroxyl groups is 2. The van der Waals surface area contributed by atoms with E-state index in [0.29, 0.717) is 0 Å². The molecule has 0 aromatic rings. The van der Waals surface area contributed by atoms with E-state index in [2.05, 4.69) is 24.4 Å². The summed E-state index contributed by atoms with van der Waals surface area (Å²) in [5.41, 5.74) is 0. The molecule has 0 bridgehead atoms. The molecule has 0 rings (SSSR count). The van der Waals surface area contributed by atoms with Gasteiger partial charge in [0.2, 0.25) is 0 Å². The lowest BCUT2D eigenvalue weighted by atomic mass is 9.98. The highest BCUT2D eigenvalue weighted by Crippen LogP contribution is 2.06. The van der Waals surface area contributed by atoms with Crippen LogP contribution in [0.4, 0.5) is 0 Å². The zero-order valence-corrected chi connectivity index (χ0v) is 7.07. The van der Waals surface area contributed by atoms with E-state index >= 15 is 0 Å². The molecule has 2 atom stereocenters. The molecule has 0 saturated heterocycles. The number of hydrogen-bond acceptors (Lipinski definition) is 4. The molecule has 0 radical (unpaired) electrons. The second-order valence-electron chi connectivity index (χ2n) is 1.97. The minimum atomic E-state index is -0.183. The van der Waals surface area contributed by atoms with E-state index in [9.17, 15) is 0 Å². The highest BCUT2D eigenvalue weighted by atomic mass is 32.1. The third kappa shape index (κ3) is 2.79. The molecule has 0 aromatic heterocycles. The van der Waals surface area contributed by atoms with Gasteiger partial charge in [0, 0.05) is 11.8 Å². The lowest BCUT2D eigenvalue weighted by Gasteiger charge is -2.13. The number of aliphatic hydroxyl groups excluding tert-OH is 2. The van der Waals surface area contributed by atoms with E-state index < -0.39 is 0 Å². The fraction of sp³-hybridized carbons (Fsp3) is 0.667. The zero-order chi connectivity index (χ0) is 7.98. The fourth-order valence-electron chi connectivity index (χ4n) is 0.559. The Kier molecular flexibility index (Phi) is 5.91. The molecule has 58 valence electrons. The summed E-state index contributed by atoms with van der Waals surface area (Å²) in [7, 11) is 0. The summed E-state index contributed by atoms with van der Waals surface area (Å²) in [6, 6.07) is 0. The lowest BCUT2D eigenvalue weighted by Crippen LogP contribution is -2.23. The Labute approximate surface area is 70.9 Å². The van der Waals surface area contributed by atoms with Gasteiger partial charge in [-0.3, -0.25) is 0 Å². The molecule has 10 heavy (non-hydrogen) atoms. The molecule has 0 spiro atoms. The van der Waals surface area contributed by atoms with E-state index in [1.165, 1.54) is 10.7 Å². The SMILES string of the molecule is OCC(C=S)C(C=S)CO. The Morgan fingerprint density at radius 1 is 1.00 bits per heavy atom. The maximum Gasteiger partial charge on any atom is 0.0508 e. The highest BCUT2D eigenvalue weighted by molar-refractivity contribution is 7.79. The van der Waals surface area contributed by atoms with Crippen LogP contribution in [0, 0.1) is 11.8 Å². The van der Waals surface area contributed by atoms with Gasteiger partial charge in [0.05, 0.1) is 13.2 Å². The standard InChI is InChI=1S/C6H10O2S2/c7-1-5(3-9)6(2-8)4-10/h3-8H,1-2H2. The average Bonchev–Trinajstić information content (AvgIpc) is 2.00. The fourth-order valence-corrected chi connectivity index (χ4v) is 1.13. The number of rotatable bonds is 5. The van der Waals surface area contributed by atoms with Crippen LogP contribution >= 0.6 is 24.4 Å². The quantitative estimate of drug-likeness (QED) is 0.590. The van der Waals surface area contributed by atoms with Gasteiger partial charge in [0.1, 0.15) is 0 Å². The summed E-state index contributed by atoms with van der Waals surface area (Å²) in [4.78, 5) is 0. The van der Waals surface area contributed by atoms with Crippen molar-refractivity contribution >= 4 is 35.2 Å². The van der Waals surface area contributed by atoms with Crippen molar-refractivity contribution in [2.24, 2.45) is 11.8 Å². The molecule has 2 nitrogen and oxygen atoms in total. The highest BCUT2D eigenvalue weighted by Gasteiger charge is 2.14. The Hall–Kier alpha value is 0.100. The van der Waals surface area contributed by atoms with Crippen molar-refractivity contribution in [2.75, 3.05) is 13.2 Å². The first-order valence-electron chi connectivity index (χ1n) is 2.92. The van der Waals surface area contributed by atoms with Crippen molar-refractivity contribution in [3.05, 3.63) is 0 Å². The third-order valence-electron chi connectivity index (χ3n) is 1.32. The normalized spacial score (nSPS) is 15.8. The van der Waals surface area contributed by atoms with Gasteiger partial charge in [-0.25, -0.2) is 0 Å². The van der Waals surface area contributed by atoms with Crippen molar-refractivity contribution in [2.45, 2.75) is 0 Å². The molecule has 0 aromatic carbocycles. The predicted octanol–water partition coefficient (Wildman–Crippen LogP) is 0.203. The van der Waals surface area contributed by atoms with Gasteiger partial charge in [-0.15, -0.1) is 0 Å². The van der Waals surface area contributed by atoms with Crippen LogP contribution < -0.4 is 0 Å². The van der Waals surface area contributed by atoms with Crippen LogP contribution in [-0.4, -0.2) is 34.2 Å². The van der Waals surface area contributed by atoms with Crippen LogP contribution in [0.1, 0.15) is 0 Å². The van der Waals surface area contributed by atoms with Gasteiger partial charge in [-0.1, -0.05) is 24.4 Å². The lowest BCUT2D eigenvalue weighted by molar-refractivity contribution is 0.194. The minimum absolute atomic E-state index is 0.0537. The largest absolute Gasteiger partial charge is 0.396 e. The summed E-state index contributed by atoms with van der Waals surface area (Å²) in [6.45, 7) is -0.107. The molecular weight excluding hydrogens is 168 g/mol. The molecule has 2 N–H and O–H groups in total. The van der Waals surface area contributed by atoms with Gasteiger partial charge in [0.25, 0.3) is 0 Å². The van der Waals surface area contributed by atoms with Crippen molar-refractivity contribution in [1.29, 1.82) is 0 Å². The van der Waals surface area contributed by atoms with Crippen LogP contribution in [0.15, 0.2) is 0 Å². The van der Waals surface area contributed by atoms with Crippen LogP contribution in [0.25, 0.3) is 0 Å². The molecule has 4 heteroatoms. The zero-order valence-electron chi connectivity index (χ0n) is 5.43. The smallest absolute Gasteiger partial charge is 0.0508 e. The summed E-state index contributed by atoms with van der Waals surface area (Å²) in [5, 5.41) is 20.2. The molecular formula is C6H10O2S2. The van der Waals surface area contributed by atoms with Crippen LogP contribution in [0.3, 0.4) is 0 Å². The first kappa shape index (κ1) is 10.1. The van der Waals surface area contributed by atoms with E-state index in [1.54, 1.807) is 0 Å².